The Labute approximate surface area is 177 Å². The minimum absolute atomic E-state index is 0.120. The molecule has 3 rings (SSSR count). The Morgan fingerprint density at radius 1 is 1.10 bits per heavy atom. The first kappa shape index (κ1) is 21.8. The highest BCUT2D eigenvalue weighted by molar-refractivity contribution is 7.89. The van der Waals surface area contributed by atoms with E-state index in [9.17, 15) is 13.2 Å². The van der Waals surface area contributed by atoms with Gasteiger partial charge >= 0.3 is 0 Å². The van der Waals surface area contributed by atoms with Crippen LogP contribution in [0.15, 0.2) is 57.0 Å². The van der Waals surface area contributed by atoms with Crippen LogP contribution in [0, 0.1) is 0 Å². The maximum absolute atomic E-state index is 12.6. The fourth-order valence-electron chi connectivity index (χ4n) is 3.28. The van der Waals surface area contributed by atoms with E-state index in [0.717, 1.165) is 0 Å². The van der Waals surface area contributed by atoms with Crippen molar-refractivity contribution in [2.24, 2.45) is 4.99 Å². The van der Waals surface area contributed by atoms with Crippen LogP contribution in [0.3, 0.4) is 0 Å². The number of benzene rings is 1. The van der Waals surface area contributed by atoms with Gasteiger partial charge in [0, 0.05) is 53.9 Å². The highest BCUT2D eigenvalue weighted by Crippen LogP contribution is 2.18. The molecule has 1 aromatic carbocycles. The van der Waals surface area contributed by atoms with E-state index in [-0.39, 0.29) is 10.8 Å². The van der Waals surface area contributed by atoms with E-state index >= 15 is 0 Å². The Kier molecular flexibility index (Phi) is 6.78. The molecule has 1 N–H and O–H groups in total. The van der Waals surface area contributed by atoms with E-state index in [1.165, 1.54) is 24.7 Å². The van der Waals surface area contributed by atoms with Crippen molar-refractivity contribution < 1.29 is 17.6 Å². The van der Waals surface area contributed by atoms with Crippen LogP contribution in [0.2, 0.25) is 0 Å². The van der Waals surface area contributed by atoms with Crippen LogP contribution in [-0.2, 0) is 16.6 Å². The Morgan fingerprint density at radius 3 is 2.37 bits per heavy atom. The van der Waals surface area contributed by atoms with E-state index in [1.54, 1.807) is 42.3 Å². The maximum atomic E-state index is 12.6. The van der Waals surface area contributed by atoms with Gasteiger partial charge in [0.05, 0.1) is 11.2 Å². The summed E-state index contributed by atoms with van der Waals surface area (Å²) in [7, 11) is 1.18. The Morgan fingerprint density at radius 2 is 1.77 bits per heavy atom. The van der Waals surface area contributed by atoms with Gasteiger partial charge in [0.15, 0.2) is 11.7 Å². The second-order valence-electron chi connectivity index (χ2n) is 7.05. The summed E-state index contributed by atoms with van der Waals surface area (Å²) < 4.78 is 31.6. The minimum Gasteiger partial charge on any atom is -0.459 e. The standard InChI is InChI=1S/C20H27N5O4S/c1-21-20(22-15-16-7-4-5-9-18(16)30(27,28)23(2)3)25-12-10-24(11-13-25)19(26)17-8-6-14-29-17/h4-9,14H,10-13,15H2,1-3H3,(H,21,22). The number of sulfonamides is 1. The molecule has 0 radical (unpaired) electrons. The lowest BCUT2D eigenvalue weighted by molar-refractivity contribution is 0.0657. The molecule has 1 aliphatic rings. The number of amides is 1. The fourth-order valence-corrected chi connectivity index (χ4v) is 4.40. The third kappa shape index (κ3) is 4.65. The molecule has 1 aliphatic heterocycles. The summed E-state index contributed by atoms with van der Waals surface area (Å²) in [5, 5.41) is 3.25. The maximum Gasteiger partial charge on any atom is 0.289 e. The number of rotatable bonds is 5. The van der Waals surface area contributed by atoms with Crippen LogP contribution in [0.4, 0.5) is 0 Å². The topological polar surface area (TPSA) is 98.5 Å². The van der Waals surface area contributed by atoms with Crippen molar-refractivity contribution in [3.63, 3.8) is 0 Å². The molecule has 0 saturated carbocycles. The lowest BCUT2D eigenvalue weighted by atomic mass is 10.2. The lowest BCUT2D eigenvalue weighted by Crippen LogP contribution is -2.53. The highest BCUT2D eigenvalue weighted by atomic mass is 32.2. The molecule has 1 saturated heterocycles. The molecule has 2 aromatic rings. The summed E-state index contributed by atoms with van der Waals surface area (Å²) in [5.74, 6) is 0.882. The summed E-state index contributed by atoms with van der Waals surface area (Å²) in [6.07, 6.45) is 1.49. The molecule has 9 nitrogen and oxygen atoms in total. The molecule has 1 aromatic heterocycles. The van der Waals surface area contributed by atoms with Crippen molar-refractivity contribution in [1.29, 1.82) is 0 Å². The molecule has 1 fully saturated rings. The average molecular weight is 434 g/mol. The summed E-state index contributed by atoms with van der Waals surface area (Å²) >= 11 is 0. The predicted molar refractivity (Wildman–Crippen MR) is 114 cm³/mol. The zero-order valence-corrected chi connectivity index (χ0v) is 18.2. The normalized spacial score (nSPS) is 15.5. The first-order chi connectivity index (χ1) is 14.3. The molecule has 0 atom stereocenters. The van der Waals surface area contributed by atoms with Crippen LogP contribution in [0.5, 0.6) is 0 Å². The van der Waals surface area contributed by atoms with Crippen LogP contribution < -0.4 is 5.32 Å². The number of nitrogens with zero attached hydrogens (tertiary/aromatic N) is 4. The fraction of sp³-hybridized carbons (Fsp3) is 0.400. The van der Waals surface area contributed by atoms with Gasteiger partial charge in [-0.1, -0.05) is 18.2 Å². The summed E-state index contributed by atoms with van der Waals surface area (Å²) in [6, 6.07) is 10.3. The summed E-state index contributed by atoms with van der Waals surface area (Å²) in [4.78, 5) is 20.8. The van der Waals surface area contributed by atoms with Crippen LogP contribution >= 0.6 is 0 Å². The van der Waals surface area contributed by atoms with Gasteiger partial charge in [-0.2, -0.15) is 0 Å². The smallest absolute Gasteiger partial charge is 0.289 e. The van der Waals surface area contributed by atoms with Gasteiger partial charge in [-0.05, 0) is 23.8 Å². The van der Waals surface area contributed by atoms with Gasteiger partial charge in [0.1, 0.15) is 0 Å². The van der Waals surface area contributed by atoms with Gasteiger partial charge in [0.25, 0.3) is 5.91 Å². The molecule has 0 bridgehead atoms. The largest absolute Gasteiger partial charge is 0.459 e. The number of aliphatic imine (C=N–C) groups is 1. The average Bonchev–Trinajstić information content (AvgIpc) is 3.29. The Bertz CT molecular complexity index is 994. The zero-order chi connectivity index (χ0) is 21.7. The molecule has 10 heteroatoms. The second kappa shape index (κ2) is 9.31. The molecular formula is C20H27N5O4S. The van der Waals surface area contributed by atoms with Gasteiger partial charge in [-0.25, -0.2) is 12.7 Å². The first-order valence-electron chi connectivity index (χ1n) is 9.63. The molecule has 0 spiro atoms. The van der Waals surface area contributed by atoms with Crippen molar-refractivity contribution in [2.45, 2.75) is 11.4 Å². The van der Waals surface area contributed by atoms with Crippen LogP contribution in [0.1, 0.15) is 16.1 Å². The van der Waals surface area contributed by atoms with Gasteiger partial charge in [-0.3, -0.25) is 9.79 Å². The number of hydrogen-bond acceptors (Lipinski definition) is 5. The van der Waals surface area contributed by atoms with Crippen molar-refractivity contribution in [3.8, 4) is 0 Å². The third-order valence-electron chi connectivity index (χ3n) is 4.98. The highest BCUT2D eigenvalue weighted by Gasteiger charge is 2.26. The summed E-state index contributed by atoms with van der Waals surface area (Å²) in [6.45, 7) is 2.65. The Hall–Kier alpha value is -2.85. The van der Waals surface area contributed by atoms with Crippen molar-refractivity contribution >= 4 is 21.9 Å². The van der Waals surface area contributed by atoms with Gasteiger partial charge in [-0.15, -0.1) is 0 Å². The van der Waals surface area contributed by atoms with Gasteiger partial charge in [0.2, 0.25) is 10.0 Å². The quantitative estimate of drug-likeness (QED) is 0.559. The van der Waals surface area contributed by atoms with Crippen LogP contribution in [0.25, 0.3) is 0 Å². The number of nitrogens with one attached hydrogen (secondary N) is 1. The number of piperazine rings is 1. The van der Waals surface area contributed by atoms with Crippen LogP contribution in [-0.4, -0.2) is 81.7 Å². The van der Waals surface area contributed by atoms with Crippen molar-refractivity contribution in [3.05, 3.63) is 54.0 Å². The van der Waals surface area contributed by atoms with E-state index < -0.39 is 10.0 Å². The van der Waals surface area contributed by atoms with Crippen molar-refractivity contribution in [1.82, 2.24) is 19.4 Å². The minimum atomic E-state index is -3.54. The van der Waals surface area contributed by atoms with E-state index in [0.29, 0.717) is 50.0 Å². The Balaban J connectivity index is 1.62. The number of guanidine groups is 1. The monoisotopic (exact) mass is 433 g/mol. The summed E-state index contributed by atoms with van der Waals surface area (Å²) in [5.41, 5.74) is 0.666. The predicted octanol–water partition coefficient (Wildman–Crippen LogP) is 1.06. The first-order valence-corrected chi connectivity index (χ1v) is 11.1. The van der Waals surface area contributed by atoms with Gasteiger partial charge < -0.3 is 19.5 Å². The number of furan rings is 1. The zero-order valence-electron chi connectivity index (χ0n) is 17.4. The molecule has 0 unspecified atom stereocenters. The number of carbonyl (C=O) groups excluding carboxylic acids is 1. The molecule has 162 valence electrons. The number of carbonyl (C=O) groups is 1. The molecule has 0 aliphatic carbocycles. The van der Waals surface area contributed by atoms with E-state index in [1.807, 2.05) is 6.07 Å². The molecular weight excluding hydrogens is 406 g/mol. The molecule has 30 heavy (non-hydrogen) atoms. The second-order valence-corrected chi connectivity index (χ2v) is 9.17. The number of hydrogen-bond donors (Lipinski definition) is 1. The SMILES string of the molecule is CN=C(NCc1ccccc1S(=O)(=O)N(C)C)N1CCN(C(=O)c2ccco2)CC1. The lowest BCUT2D eigenvalue weighted by Gasteiger charge is -2.36. The molecule has 2 heterocycles. The van der Waals surface area contributed by atoms with E-state index in [2.05, 4.69) is 15.2 Å². The molecule has 1 amide bonds. The third-order valence-corrected chi connectivity index (χ3v) is 6.89. The van der Waals surface area contributed by atoms with Crippen molar-refractivity contribution in [2.75, 3.05) is 47.3 Å². The van der Waals surface area contributed by atoms with E-state index in [4.69, 9.17) is 4.42 Å².